The quantitative estimate of drug-likeness (QED) is 0.737. The number of ether oxygens (including phenoxy) is 1. The molecule has 78 valence electrons. The van der Waals surface area contributed by atoms with Crippen molar-refractivity contribution in [2.24, 2.45) is 0 Å². The molecule has 0 radical (unpaired) electrons. The van der Waals surface area contributed by atoms with Crippen LogP contribution in [0.4, 0.5) is 0 Å². The van der Waals surface area contributed by atoms with Gasteiger partial charge in [-0.15, -0.1) is 0 Å². The minimum absolute atomic E-state index is 0.384. The molecule has 0 aromatic carbocycles. The van der Waals surface area contributed by atoms with Gasteiger partial charge >= 0.3 is 0 Å². The molecule has 0 spiro atoms. The highest BCUT2D eigenvalue weighted by molar-refractivity contribution is 5.08. The molecule has 1 unspecified atom stereocenters. The molecular formula is C11H18N2O. The third-order valence-corrected chi connectivity index (χ3v) is 2.73. The predicted octanol–water partition coefficient (Wildman–Crippen LogP) is 2.19. The van der Waals surface area contributed by atoms with Gasteiger partial charge in [0.15, 0.2) is 0 Å². The average Bonchev–Trinajstić information content (AvgIpc) is 2.75. The second-order valence-corrected chi connectivity index (χ2v) is 4.29. The molecule has 1 atom stereocenters. The molecule has 1 aliphatic heterocycles. The highest BCUT2D eigenvalue weighted by Gasteiger charge is 2.16. The summed E-state index contributed by atoms with van der Waals surface area (Å²) >= 11 is 0. The van der Waals surface area contributed by atoms with E-state index in [-0.39, 0.29) is 0 Å². The van der Waals surface area contributed by atoms with Crippen LogP contribution in [0.25, 0.3) is 0 Å². The Labute approximate surface area is 85.1 Å². The van der Waals surface area contributed by atoms with E-state index in [1.807, 2.05) is 10.9 Å². The van der Waals surface area contributed by atoms with Gasteiger partial charge in [-0.25, -0.2) is 0 Å². The highest BCUT2D eigenvalue weighted by Crippen LogP contribution is 2.16. The Bertz CT molecular complexity index is 287. The fourth-order valence-electron chi connectivity index (χ4n) is 1.77. The first kappa shape index (κ1) is 9.71. The van der Waals surface area contributed by atoms with Crippen LogP contribution in [0, 0.1) is 0 Å². The summed E-state index contributed by atoms with van der Waals surface area (Å²) in [5.41, 5.74) is 1.31. The number of nitrogens with zero attached hydrogens (tertiary/aromatic N) is 2. The minimum Gasteiger partial charge on any atom is -0.376 e. The number of rotatable bonds is 3. The van der Waals surface area contributed by atoms with Crippen molar-refractivity contribution in [1.82, 2.24) is 9.78 Å². The zero-order chi connectivity index (χ0) is 9.97. The summed E-state index contributed by atoms with van der Waals surface area (Å²) in [7, 11) is 0. The monoisotopic (exact) mass is 194 g/mol. The maximum atomic E-state index is 5.57. The first-order valence-corrected chi connectivity index (χ1v) is 5.39. The fourth-order valence-corrected chi connectivity index (χ4v) is 1.77. The molecule has 3 nitrogen and oxygen atoms in total. The van der Waals surface area contributed by atoms with Gasteiger partial charge in [0.05, 0.1) is 18.8 Å². The molecule has 1 fully saturated rings. The first-order chi connectivity index (χ1) is 6.75. The van der Waals surface area contributed by atoms with Crippen LogP contribution in [0.2, 0.25) is 0 Å². The van der Waals surface area contributed by atoms with E-state index in [2.05, 4.69) is 25.1 Å². The lowest BCUT2D eigenvalue weighted by Gasteiger charge is -2.08. The molecular weight excluding hydrogens is 176 g/mol. The lowest BCUT2D eigenvalue weighted by atomic mass is 10.1. The highest BCUT2D eigenvalue weighted by atomic mass is 16.5. The molecule has 2 heterocycles. The van der Waals surface area contributed by atoms with Crippen LogP contribution in [0.1, 0.15) is 38.2 Å². The summed E-state index contributed by atoms with van der Waals surface area (Å²) in [6.07, 6.45) is 6.85. The SMILES string of the molecule is CC(C)c1cnn(CC2CCCO2)c1. The lowest BCUT2D eigenvalue weighted by Crippen LogP contribution is -2.15. The van der Waals surface area contributed by atoms with Crippen LogP contribution in [-0.2, 0) is 11.3 Å². The Balaban J connectivity index is 1.95. The first-order valence-electron chi connectivity index (χ1n) is 5.39. The Hall–Kier alpha value is -0.830. The molecule has 1 aromatic heterocycles. The summed E-state index contributed by atoms with van der Waals surface area (Å²) in [4.78, 5) is 0. The van der Waals surface area contributed by atoms with Gasteiger partial charge in [-0.2, -0.15) is 5.10 Å². The fraction of sp³-hybridized carbons (Fsp3) is 0.727. The number of hydrogen-bond acceptors (Lipinski definition) is 2. The van der Waals surface area contributed by atoms with E-state index in [1.165, 1.54) is 18.4 Å². The van der Waals surface area contributed by atoms with Crippen LogP contribution in [-0.4, -0.2) is 22.5 Å². The van der Waals surface area contributed by atoms with Crippen molar-refractivity contribution in [3.8, 4) is 0 Å². The van der Waals surface area contributed by atoms with Crippen molar-refractivity contribution in [3.05, 3.63) is 18.0 Å². The standard InChI is InChI=1S/C11H18N2O/c1-9(2)10-6-12-13(7-10)8-11-4-3-5-14-11/h6-7,9,11H,3-5,8H2,1-2H3. The van der Waals surface area contributed by atoms with Gasteiger partial charge in [-0.1, -0.05) is 13.8 Å². The van der Waals surface area contributed by atoms with Gasteiger partial charge in [0.2, 0.25) is 0 Å². The summed E-state index contributed by atoms with van der Waals surface area (Å²) in [6.45, 7) is 6.20. The van der Waals surface area contributed by atoms with Crippen LogP contribution < -0.4 is 0 Å². The second kappa shape index (κ2) is 4.13. The van der Waals surface area contributed by atoms with Crippen LogP contribution in [0.15, 0.2) is 12.4 Å². The molecule has 0 aliphatic carbocycles. The Kier molecular flexibility index (Phi) is 2.87. The molecule has 0 N–H and O–H groups in total. The minimum atomic E-state index is 0.384. The predicted molar refractivity (Wildman–Crippen MR) is 55.3 cm³/mol. The van der Waals surface area contributed by atoms with Crippen LogP contribution in [0.5, 0.6) is 0 Å². The molecule has 1 saturated heterocycles. The van der Waals surface area contributed by atoms with Gasteiger partial charge < -0.3 is 4.74 Å². The molecule has 0 amide bonds. The largest absolute Gasteiger partial charge is 0.376 e. The van der Waals surface area contributed by atoms with E-state index in [9.17, 15) is 0 Å². The van der Waals surface area contributed by atoms with Crippen molar-refractivity contribution < 1.29 is 4.74 Å². The molecule has 0 saturated carbocycles. The zero-order valence-electron chi connectivity index (χ0n) is 8.94. The third-order valence-electron chi connectivity index (χ3n) is 2.73. The van der Waals surface area contributed by atoms with Gasteiger partial charge in [-0.3, -0.25) is 4.68 Å². The van der Waals surface area contributed by atoms with Crippen molar-refractivity contribution in [2.75, 3.05) is 6.61 Å². The number of hydrogen-bond donors (Lipinski definition) is 0. The summed E-state index contributed by atoms with van der Waals surface area (Å²) in [5, 5.41) is 4.34. The van der Waals surface area contributed by atoms with E-state index in [4.69, 9.17) is 4.74 Å². The number of aromatic nitrogens is 2. The van der Waals surface area contributed by atoms with E-state index >= 15 is 0 Å². The van der Waals surface area contributed by atoms with E-state index in [1.54, 1.807) is 0 Å². The molecule has 3 heteroatoms. The van der Waals surface area contributed by atoms with Crippen molar-refractivity contribution in [1.29, 1.82) is 0 Å². The van der Waals surface area contributed by atoms with E-state index < -0.39 is 0 Å². The van der Waals surface area contributed by atoms with Crippen molar-refractivity contribution in [2.45, 2.75) is 45.3 Å². The maximum Gasteiger partial charge on any atom is 0.0771 e. The topological polar surface area (TPSA) is 27.1 Å². The van der Waals surface area contributed by atoms with Crippen LogP contribution >= 0.6 is 0 Å². The van der Waals surface area contributed by atoms with Gasteiger partial charge in [0, 0.05) is 12.8 Å². The zero-order valence-corrected chi connectivity index (χ0v) is 8.94. The second-order valence-electron chi connectivity index (χ2n) is 4.29. The molecule has 1 aliphatic rings. The molecule has 14 heavy (non-hydrogen) atoms. The maximum absolute atomic E-state index is 5.57. The summed E-state index contributed by atoms with van der Waals surface area (Å²) in [5.74, 6) is 0.563. The van der Waals surface area contributed by atoms with Crippen LogP contribution in [0.3, 0.4) is 0 Å². The molecule has 2 rings (SSSR count). The van der Waals surface area contributed by atoms with Gasteiger partial charge in [0.1, 0.15) is 0 Å². The van der Waals surface area contributed by atoms with Crippen molar-refractivity contribution in [3.63, 3.8) is 0 Å². The smallest absolute Gasteiger partial charge is 0.0771 e. The average molecular weight is 194 g/mol. The summed E-state index contributed by atoms with van der Waals surface area (Å²) in [6, 6.07) is 0. The normalized spacial score (nSPS) is 22.1. The third kappa shape index (κ3) is 2.15. The van der Waals surface area contributed by atoms with Gasteiger partial charge in [-0.05, 0) is 24.3 Å². The Morgan fingerprint density at radius 2 is 2.50 bits per heavy atom. The molecule has 0 bridgehead atoms. The lowest BCUT2D eigenvalue weighted by molar-refractivity contribution is 0.0940. The van der Waals surface area contributed by atoms with Gasteiger partial charge in [0.25, 0.3) is 0 Å². The van der Waals surface area contributed by atoms with E-state index in [0.717, 1.165) is 13.2 Å². The van der Waals surface area contributed by atoms with Crippen molar-refractivity contribution >= 4 is 0 Å². The molecule has 1 aromatic rings. The Morgan fingerprint density at radius 3 is 3.07 bits per heavy atom. The summed E-state index contributed by atoms with van der Waals surface area (Å²) < 4.78 is 7.57. The Morgan fingerprint density at radius 1 is 1.64 bits per heavy atom. The van der Waals surface area contributed by atoms with E-state index in [0.29, 0.717) is 12.0 Å².